The fourth-order valence-electron chi connectivity index (χ4n) is 2.84. The third-order valence-corrected chi connectivity index (χ3v) is 4.76. The highest BCUT2D eigenvalue weighted by atomic mass is 32.2. The van der Waals surface area contributed by atoms with E-state index in [1.807, 2.05) is 24.2 Å². The van der Waals surface area contributed by atoms with Gasteiger partial charge in [0.25, 0.3) is 0 Å². The van der Waals surface area contributed by atoms with Gasteiger partial charge in [0, 0.05) is 42.2 Å². The maximum absolute atomic E-state index is 4.82. The molecule has 0 amide bonds. The van der Waals surface area contributed by atoms with E-state index < -0.39 is 0 Å². The monoisotopic (exact) mass is 290 g/mol. The fourth-order valence-corrected chi connectivity index (χ4v) is 3.79. The summed E-state index contributed by atoms with van der Waals surface area (Å²) in [7, 11) is 0. The summed E-state index contributed by atoms with van der Waals surface area (Å²) in [6.45, 7) is 7.82. The molecule has 2 aromatic heterocycles. The first-order valence-electron chi connectivity index (χ1n) is 7.18. The second-order valence-electron chi connectivity index (χ2n) is 6.33. The normalized spacial score (nSPS) is 20.4. The van der Waals surface area contributed by atoms with Gasteiger partial charge in [0.2, 0.25) is 0 Å². The van der Waals surface area contributed by atoms with Crippen molar-refractivity contribution in [1.29, 1.82) is 0 Å². The van der Waals surface area contributed by atoms with Gasteiger partial charge >= 0.3 is 0 Å². The van der Waals surface area contributed by atoms with Crippen LogP contribution in [0.25, 0.3) is 11.0 Å². The Kier molecular flexibility index (Phi) is 3.73. The zero-order valence-electron chi connectivity index (χ0n) is 12.4. The van der Waals surface area contributed by atoms with Crippen LogP contribution in [0.1, 0.15) is 26.6 Å². The van der Waals surface area contributed by atoms with Gasteiger partial charge in [-0.2, -0.15) is 11.8 Å². The molecule has 108 valence electrons. The highest BCUT2D eigenvalue weighted by molar-refractivity contribution is 7.99. The van der Waals surface area contributed by atoms with E-state index >= 15 is 0 Å². The molecule has 0 spiro atoms. The van der Waals surface area contributed by atoms with E-state index in [1.165, 1.54) is 22.8 Å². The molecule has 1 aliphatic heterocycles. The number of aromatic nitrogens is 3. The molecule has 1 atom stereocenters. The van der Waals surface area contributed by atoms with Gasteiger partial charge in [-0.3, -0.25) is 4.98 Å². The van der Waals surface area contributed by atoms with Crippen LogP contribution in [0.4, 0.5) is 0 Å². The Bertz CT molecular complexity index is 593. The Morgan fingerprint density at radius 1 is 1.45 bits per heavy atom. The van der Waals surface area contributed by atoms with Gasteiger partial charge in [0.1, 0.15) is 11.3 Å². The molecule has 2 aromatic rings. The van der Waals surface area contributed by atoms with Crippen molar-refractivity contribution in [3.63, 3.8) is 0 Å². The molecule has 0 aromatic carbocycles. The van der Waals surface area contributed by atoms with Crippen molar-refractivity contribution in [1.82, 2.24) is 19.9 Å². The Morgan fingerprint density at radius 2 is 2.30 bits per heavy atom. The average Bonchev–Trinajstić information content (AvgIpc) is 2.77. The number of thioether (sulfide) groups is 1. The number of hydrogen-bond donors (Lipinski definition) is 1. The third-order valence-electron chi connectivity index (χ3n) is 3.62. The second kappa shape index (κ2) is 5.37. The number of fused-ring (bicyclic) bond motifs is 1. The molecule has 3 heterocycles. The molecule has 20 heavy (non-hydrogen) atoms. The number of nitrogens with zero attached hydrogens (tertiary/aromatic N) is 3. The van der Waals surface area contributed by atoms with E-state index in [0.29, 0.717) is 6.04 Å². The summed E-state index contributed by atoms with van der Waals surface area (Å²) < 4.78 is 2.37. The maximum atomic E-state index is 4.82. The van der Waals surface area contributed by atoms with Crippen molar-refractivity contribution in [3.8, 4) is 0 Å². The van der Waals surface area contributed by atoms with Gasteiger partial charge in [-0.25, -0.2) is 4.98 Å². The number of imidazole rings is 1. The molecule has 0 saturated carbocycles. The summed E-state index contributed by atoms with van der Waals surface area (Å²) in [6.07, 6.45) is 4.70. The minimum Gasteiger partial charge on any atom is -0.322 e. The lowest BCUT2D eigenvalue weighted by atomic mass is 10.1. The SMILES string of the molecule is CC(C)(C)n1c(CC2CSCCN2)nc2cnccc21. The van der Waals surface area contributed by atoms with Crippen molar-refractivity contribution in [2.24, 2.45) is 0 Å². The Hall–Kier alpha value is -1.07. The fraction of sp³-hybridized carbons (Fsp3) is 0.600. The Balaban J connectivity index is 2.00. The smallest absolute Gasteiger partial charge is 0.112 e. The molecule has 1 unspecified atom stereocenters. The van der Waals surface area contributed by atoms with Crippen molar-refractivity contribution in [2.75, 3.05) is 18.1 Å². The highest BCUT2D eigenvalue weighted by Crippen LogP contribution is 2.26. The summed E-state index contributed by atoms with van der Waals surface area (Å²) in [5, 5.41) is 3.60. The number of rotatable bonds is 2. The van der Waals surface area contributed by atoms with E-state index in [4.69, 9.17) is 4.98 Å². The Morgan fingerprint density at radius 3 is 3.00 bits per heavy atom. The van der Waals surface area contributed by atoms with Crippen LogP contribution in [0, 0.1) is 0 Å². The van der Waals surface area contributed by atoms with Gasteiger partial charge in [-0.05, 0) is 26.8 Å². The quantitative estimate of drug-likeness (QED) is 0.922. The number of nitrogens with one attached hydrogen (secondary N) is 1. The standard InChI is InChI=1S/C15H22N4S/c1-15(2,3)19-13-4-5-16-9-12(13)18-14(19)8-11-10-20-7-6-17-11/h4-5,9,11,17H,6-8,10H2,1-3H3. The maximum Gasteiger partial charge on any atom is 0.112 e. The molecule has 5 heteroatoms. The van der Waals surface area contributed by atoms with Crippen molar-refractivity contribution >= 4 is 22.8 Å². The summed E-state index contributed by atoms with van der Waals surface area (Å²) >= 11 is 2.03. The van der Waals surface area contributed by atoms with Gasteiger partial charge in [0.05, 0.1) is 11.7 Å². The molecule has 0 bridgehead atoms. The van der Waals surface area contributed by atoms with E-state index in [1.54, 1.807) is 0 Å². The number of pyridine rings is 1. The largest absolute Gasteiger partial charge is 0.322 e. The zero-order valence-corrected chi connectivity index (χ0v) is 13.2. The van der Waals surface area contributed by atoms with Crippen molar-refractivity contribution in [3.05, 3.63) is 24.3 Å². The minimum absolute atomic E-state index is 0.0350. The second-order valence-corrected chi connectivity index (χ2v) is 7.48. The van der Waals surface area contributed by atoms with E-state index in [-0.39, 0.29) is 5.54 Å². The molecule has 1 saturated heterocycles. The average molecular weight is 290 g/mol. The lowest BCUT2D eigenvalue weighted by Crippen LogP contribution is -2.40. The van der Waals surface area contributed by atoms with Gasteiger partial charge < -0.3 is 9.88 Å². The first kappa shape index (κ1) is 13.9. The molecule has 4 nitrogen and oxygen atoms in total. The molecule has 1 fully saturated rings. The summed E-state index contributed by atoms with van der Waals surface area (Å²) in [5.41, 5.74) is 2.22. The first-order valence-corrected chi connectivity index (χ1v) is 8.34. The predicted molar refractivity (Wildman–Crippen MR) is 85.3 cm³/mol. The lowest BCUT2D eigenvalue weighted by Gasteiger charge is -2.28. The molecule has 0 radical (unpaired) electrons. The highest BCUT2D eigenvalue weighted by Gasteiger charge is 2.24. The van der Waals surface area contributed by atoms with E-state index in [2.05, 4.69) is 41.7 Å². The van der Waals surface area contributed by atoms with Gasteiger partial charge in [-0.1, -0.05) is 0 Å². The van der Waals surface area contributed by atoms with Gasteiger partial charge in [0.15, 0.2) is 0 Å². The minimum atomic E-state index is 0.0350. The van der Waals surface area contributed by atoms with Crippen LogP contribution in [0.2, 0.25) is 0 Å². The van der Waals surface area contributed by atoms with Crippen LogP contribution in [-0.4, -0.2) is 38.6 Å². The molecule has 1 N–H and O–H groups in total. The van der Waals surface area contributed by atoms with E-state index in [0.717, 1.165) is 18.5 Å². The van der Waals surface area contributed by atoms with Crippen LogP contribution >= 0.6 is 11.8 Å². The van der Waals surface area contributed by atoms with Crippen molar-refractivity contribution < 1.29 is 0 Å². The zero-order chi connectivity index (χ0) is 14.2. The Labute approximate surface area is 124 Å². The van der Waals surface area contributed by atoms with Gasteiger partial charge in [-0.15, -0.1) is 0 Å². The first-order chi connectivity index (χ1) is 9.55. The van der Waals surface area contributed by atoms with Crippen LogP contribution in [0.5, 0.6) is 0 Å². The summed E-state index contributed by atoms with van der Waals surface area (Å²) in [4.78, 5) is 9.03. The molecule has 0 aliphatic carbocycles. The van der Waals surface area contributed by atoms with Crippen molar-refractivity contribution in [2.45, 2.75) is 38.8 Å². The topological polar surface area (TPSA) is 42.7 Å². The molecule has 1 aliphatic rings. The number of hydrogen-bond acceptors (Lipinski definition) is 4. The summed E-state index contributed by atoms with van der Waals surface area (Å²) in [5.74, 6) is 3.56. The third kappa shape index (κ3) is 2.69. The predicted octanol–water partition coefficient (Wildman–Crippen LogP) is 2.43. The van der Waals surface area contributed by atoms with Crippen LogP contribution in [0.3, 0.4) is 0 Å². The van der Waals surface area contributed by atoms with Crippen LogP contribution in [0.15, 0.2) is 18.5 Å². The molecule has 3 rings (SSSR count). The van der Waals surface area contributed by atoms with E-state index in [9.17, 15) is 0 Å². The molecular formula is C15H22N4S. The van der Waals surface area contributed by atoms with Crippen LogP contribution < -0.4 is 5.32 Å². The molecular weight excluding hydrogens is 268 g/mol. The summed E-state index contributed by atoms with van der Waals surface area (Å²) in [6, 6.07) is 2.60. The van der Waals surface area contributed by atoms with Crippen LogP contribution in [-0.2, 0) is 12.0 Å². The lowest BCUT2D eigenvalue weighted by molar-refractivity contribution is 0.386.